The van der Waals surface area contributed by atoms with E-state index in [0.717, 1.165) is 42.8 Å². The van der Waals surface area contributed by atoms with E-state index < -0.39 is 0 Å². The third-order valence-electron chi connectivity index (χ3n) is 8.83. The van der Waals surface area contributed by atoms with Crippen molar-refractivity contribution in [1.29, 1.82) is 0 Å². The second-order valence-corrected chi connectivity index (χ2v) is 12.0. The molecule has 1 amide bonds. The van der Waals surface area contributed by atoms with Gasteiger partial charge < -0.3 is 20.0 Å². The maximum atomic E-state index is 14.3. The number of anilines is 3. The second kappa shape index (κ2) is 12.0. The van der Waals surface area contributed by atoms with E-state index >= 15 is 0 Å². The topological polar surface area (TPSA) is 86.6 Å². The number of likely N-dealkylation sites (tertiary alicyclic amines) is 1. The van der Waals surface area contributed by atoms with E-state index in [2.05, 4.69) is 52.3 Å². The standard InChI is InChI=1S/C33H38ClN7O2/c1-5-29(42)40-13-12-24(20-40)41-31-26(22(3)30(32(41)43)25-8-6-7-9-27(25)34)19-35-33(37-31)36-23-10-11-28(21(2)18-23)39-16-14-38(4)15-17-39/h6-11,18-19,24H,5,12-17,20H2,1-4H3,(H,35,36,37)/t24-/m1/s1. The predicted octanol–water partition coefficient (Wildman–Crippen LogP) is 5.41. The first-order chi connectivity index (χ1) is 20.7. The maximum absolute atomic E-state index is 14.3. The Morgan fingerprint density at radius 1 is 1.07 bits per heavy atom. The van der Waals surface area contributed by atoms with Crippen molar-refractivity contribution < 1.29 is 4.79 Å². The van der Waals surface area contributed by atoms with E-state index in [1.54, 1.807) is 16.8 Å². The van der Waals surface area contributed by atoms with Gasteiger partial charge in [0.25, 0.3) is 5.56 Å². The van der Waals surface area contributed by atoms with Crippen molar-refractivity contribution in [2.75, 3.05) is 56.5 Å². The molecule has 2 aromatic carbocycles. The molecule has 0 saturated carbocycles. The van der Waals surface area contributed by atoms with Crippen LogP contribution < -0.4 is 15.8 Å². The molecule has 2 saturated heterocycles. The number of pyridine rings is 1. The molecular formula is C33H38ClN7O2. The smallest absolute Gasteiger partial charge is 0.260 e. The summed E-state index contributed by atoms with van der Waals surface area (Å²) in [6, 6.07) is 13.5. The molecule has 0 radical (unpaired) electrons. The van der Waals surface area contributed by atoms with Gasteiger partial charge in [-0.1, -0.05) is 36.7 Å². The second-order valence-electron chi connectivity index (χ2n) is 11.6. The van der Waals surface area contributed by atoms with E-state index in [4.69, 9.17) is 16.6 Å². The van der Waals surface area contributed by atoms with Crippen molar-refractivity contribution in [2.45, 2.75) is 39.7 Å². The number of nitrogens with zero attached hydrogens (tertiary/aromatic N) is 6. The van der Waals surface area contributed by atoms with Crippen molar-refractivity contribution in [1.82, 2.24) is 24.3 Å². The van der Waals surface area contributed by atoms with Crippen LogP contribution in [-0.4, -0.2) is 76.6 Å². The molecule has 1 N–H and O–H groups in total. The molecule has 4 heterocycles. The van der Waals surface area contributed by atoms with E-state index in [9.17, 15) is 9.59 Å². The number of nitrogens with one attached hydrogen (secondary N) is 1. The minimum atomic E-state index is -0.208. The predicted molar refractivity (Wildman–Crippen MR) is 174 cm³/mol. The quantitative estimate of drug-likeness (QED) is 0.317. The molecule has 43 heavy (non-hydrogen) atoms. The fourth-order valence-corrected chi connectivity index (χ4v) is 6.61. The van der Waals surface area contributed by atoms with Crippen LogP contribution in [0.5, 0.6) is 0 Å². The molecule has 4 aromatic rings. The Balaban J connectivity index is 1.41. The van der Waals surface area contributed by atoms with Crippen LogP contribution in [-0.2, 0) is 4.79 Å². The number of carbonyl (C=O) groups excluding carboxylic acids is 1. The van der Waals surface area contributed by atoms with Crippen molar-refractivity contribution in [2.24, 2.45) is 0 Å². The lowest BCUT2D eigenvalue weighted by molar-refractivity contribution is -0.129. The van der Waals surface area contributed by atoms with Crippen molar-refractivity contribution in [3.05, 3.63) is 75.2 Å². The normalized spacial score (nSPS) is 17.6. The average Bonchev–Trinajstić information content (AvgIpc) is 3.48. The van der Waals surface area contributed by atoms with Gasteiger partial charge in [-0.15, -0.1) is 0 Å². The molecule has 6 rings (SSSR count). The molecule has 2 aliphatic heterocycles. The lowest BCUT2D eigenvalue weighted by Gasteiger charge is -2.35. The Morgan fingerprint density at radius 2 is 1.84 bits per heavy atom. The van der Waals surface area contributed by atoms with Gasteiger partial charge in [0.1, 0.15) is 5.65 Å². The zero-order valence-corrected chi connectivity index (χ0v) is 26.0. The average molecular weight is 600 g/mol. The van der Waals surface area contributed by atoms with Gasteiger partial charge in [-0.25, -0.2) is 4.98 Å². The third-order valence-corrected chi connectivity index (χ3v) is 9.16. The number of aryl methyl sites for hydroxylation is 2. The molecule has 0 aliphatic carbocycles. The Hall–Kier alpha value is -3.95. The number of aromatic nitrogens is 3. The first kappa shape index (κ1) is 29.1. The summed E-state index contributed by atoms with van der Waals surface area (Å²) >= 11 is 6.60. The summed E-state index contributed by atoms with van der Waals surface area (Å²) in [5.74, 6) is 0.502. The lowest BCUT2D eigenvalue weighted by Crippen LogP contribution is -2.44. The van der Waals surface area contributed by atoms with E-state index in [1.807, 2.05) is 36.9 Å². The molecule has 2 aliphatic rings. The number of rotatable bonds is 6. The number of halogens is 1. The summed E-state index contributed by atoms with van der Waals surface area (Å²) in [6.45, 7) is 11.1. The Kier molecular flexibility index (Phi) is 8.11. The Morgan fingerprint density at radius 3 is 2.56 bits per heavy atom. The number of hydrogen-bond donors (Lipinski definition) is 1. The van der Waals surface area contributed by atoms with Crippen LogP contribution in [0, 0.1) is 13.8 Å². The van der Waals surface area contributed by atoms with E-state index in [-0.39, 0.29) is 17.5 Å². The fourth-order valence-electron chi connectivity index (χ4n) is 6.38. The number of piperazine rings is 1. The summed E-state index contributed by atoms with van der Waals surface area (Å²) in [5.41, 5.74) is 5.69. The number of benzene rings is 2. The van der Waals surface area contributed by atoms with E-state index in [0.29, 0.717) is 53.7 Å². The highest BCUT2D eigenvalue weighted by atomic mass is 35.5. The van der Waals surface area contributed by atoms with Gasteiger partial charge in [-0.2, -0.15) is 4.98 Å². The van der Waals surface area contributed by atoms with Crippen LogP contribution >= 0.6 is 11.6 Å². The summed E-state index contributed by atoms with van der Waals surface area (Å²) in [7, 11) is 2.16. The molecule has 0 unspecified atom stereocenters. The largest absolute Gasteiger partial charge is 0.369 e. The Bertz CT molecular complexity index is 1750. The van der Waals surface area contributed by atoms with Crippen LogP contribution in [0.1, 0.15) is 36.9 Å². The van der Waals surface area contributed by atoms with Crippen molar-refractivity contribution in [3.63, 3.8) is 0 Å². The van der Waals surface area contributed by atoms with Crippen LogP contribution in [0.4, 0.5) is 17.3 Å². The van der Waals surface area contributed by atoms with Crippen molar-refractivity contribution in [3.8, 4) is 11.1 Å². The molecule has 0 bridgehead atoms. The number of likely N-dealkylation sites (N-methyl/N-ethyl adjacent to an activating group) is 1. The highest BCUT2D eigenvalue weighted by Gasteiger charge is 2.31. The van der Waals surface area contributed by atoms with E-state index in [1.165, 1.54) is 11.3 Å². The maximum Gasteiger partial charge on any atom is 0.260 e. The summed E-state index contributed by atoms with van der Waals surface area (Å²) in [5, 5.41) is 4.66. The molecule has 0 spiro atoms. The van der Waals surface area contributed by atoms with Gasteiger partial charge in [0.05, 0.1) is 11.6 Å². The minimum Gasteiger partial charge on any atom is -0.369 e. The van der Waals surface area contributed by atoms with Crippen LogP contribution in [0.15, 0.2) is 53.5 Å². The number of amides is 1. The molecule has 2 aromatic heterocycles. The van der Waals surface area contributed by atoms with Gasteiger partial charge in [-0.3, -0.25) is 14.2 Å². The zero-order valence-electron chi connectivity index (χ0n) is 25.2. The fraction of sp³-hybridized carbons (Fsp3) is 0.394. The molecule has 1 atom stereocenters. The van der Waals surface area contributed by atoms with Crippen LogP contribution in [0.25, 0.3) is 22.2 Å². The highest BCUT2D eigenvalue weighted by Crippen LogP contribution is 2.34. The summed E-state index contributed by atoms with van der Waals surface area (Å²) < 4.78 is 1.76. The molecular weight excluding hydrogens is 562 g/mol. The van der Waals surface area contributed by atoms with Gasteiger partial charge >= 0.3 is 0 Å². The first-order valence-electron chi connectivity index (χ1n) is 15.0. The van der Waals surface area contributed by atoms with Crippen LogP contribution in [0.2, 0.25) is 5.02 Å². The molecule has 2 fully saturated rings. The Labute approximate surface area is 257 Å². The lowest BCUT2D eigenvalue weighted by atomic mass is 9.99. The van der Waals surface area contributed by atoms with Crippen molar-refractivity contribution >= 4 is 45.9 Å². The van der Waals surface area contributed by atoms with Gasteiger partial charge in [0.2, 0.25) is 11.9 Å². The van der Waals surface area contributed by atoms with Crippen LogP contribution in [0.3, 0.4) is 0 Å². The highest BCUT2D eigenvalue weighted by molar-refractivity contribution is 6.33. The molecule has 9 nitrogen and oxygen atoms in total. The molecule has 224 valence electrons. The SMILES string of the molecule is CCC(=O)N1CC[C@@H](n2c(=O)c(-c3ccccc3Cl)c(C)c3cnc(Nc4ccc(N5CCN(C)CC5)c(C)c4)nc32)C1. The van der Waals surface area contributed by atoms with Gasteiger partial charge in [0, 0.05) is 79.2 Å². The molecule has 10 heteroatoms. The zero-order chi connectivity index (χ0) is 30.2. The summed E-state index contributed by atoms with van der Waals surface area (Å²) in [6.07, 6.45) is 2.89. The van der Waals surface area contributed by atoms with Gasteiger partial charge in [-0.05, 0) is 62.7 Å². The number of carbonyl (C=O) groups is 1. The number of fused-ring (bicyclic) bond motifs is 1. The third kappa shape index (κ3) is 5.59. The number of hydrogen-bond acceptors (Lipinski definition) is 7. The van der Waals surface area contributed by atoms with Gasteiger partial charge in [0.15, 0.2) is 0 Å². The summed E-state index contributed by atoms with van der Waals surface area (Å²) in [4.78, 5) is 43.1. The monoisotopic (exact) mass is 599 g/mol. The minimum absolute atomic E-state index is 0.0886. The first-order valence-corrected chi connectivity index (χ1v) is 15.4.